The van der Waals surface area contributed by atoms with Crippen molar-refractivity contribution in [3.05, 3.63) is 78.6 Å². The lowest BCUT2D eigenvalue weighted by atomic mass is 9.90. The Hall–Kier alpha value is -2.49. The fraction of sp³-hybridized carbons (Fsp3) is 0.150. The van der Waals surface area contributed by atoms with Gasteiger partial charge in [-0.05, 0) is 46.0 Å². The average molecular weight is 303 g/mol. The van der Waals surface area contributed by atoms with Gasteiger partial charge in [-0.15, -0.1) is 0 Å². The van der Waals surface area contributed by atoms with Gasteiger partial charge in [0.25, 0.3) is 0 Å². The van der Waals surface area contributed by atoms with E-state index in [1.807, 2.05) is 24.3 Å². The van der Waals surface area contributed by atoms with Gasteiger partial charge in [0.2, 0.25) is 0 Å². The molecule has 4 rings (SSSR count). The maximum Gasteiger partial charge on any atom is 0.136 e. The van der Waals surface area contributed by atoms with Crippen molar-refractivity contribution in [3.63, 3.8) is 0 Å². The zero-order valence-electron chi connectivity index (χ0n) is 12.6. The first kappa shape index (κ1) is 14.1. The number of benzene rings is 2. The molecule has 0 atom stereocenters. The third-order valence-corrected chi connectivity index (χ3v) is 4.31. The SMILES string of the molecule is OC1(c2ccc(-c3cccc(-c4ccncc4)c3)cc2)COC1. The quantitative estimate of drug-likeness (QED) is 0.803. The van der Waals surface area contributed by atoms with Crippen LogP contribution in [0.1, 0.15) is 5.56 Å². The Balaban J connectivity index is 1.66. The van der Waals surface area contributed by atoms with E-state index in [0.717, 1.165) is 22.3 Å². The molecule has 1 fully saturated rings. The maximum atomic E-state index is 10.3. The van der Waals surface area contributed by atoms with Crippen molar-refractivity contribution in [1.29, 1.82) is 0 Å². The Bertz CT molecular complexity index is 809. The molecule has 0 radical (unpaired) electrons. The summed E-state index contributed by atoms with van der Waals surface area (Å²) in [7, 11) is 0. The molecule has 23 heavy (non-hydrogen) atoms. The van der Waals surface area contributed by atoms with Crippen LogP contribution in [0.4, 0.5) is 0 Å². The number of rotatable bonds is 3. The van der Waals surface area contributed by atoms with Gasteiger partial charge in [0.15, 0.2) is 0 Å². The molecule has 1 aliphatic rings. The zero-order valence-corrected chi connectivity index (χ0v) is 12.6. The van der Waals surface area contributed by atoms with Gasteiger partial charge >= 0.3 is 0 Å². The van der Waals surface area contributed by atoms with Gasteiger partial charge in [-0.2, -0.15) is 0 Å². The standard InChI is InChI=1S/C20H17NO2/c22-20(13-23-14-20)19-6-4-15(5-7-19)17-2-1-3-18(12-17)16-8-10-21-11-9-16/h1-12,22H,13-14H2. The number of hydrogen-bond acceptors (Lipinski definition) is 3. The summed E-state index contributed by atoms with van der Waals surface area (Å²) < 4.78 is 5.12. The van der Waals surface area contributed by atoms with Crippen LogP contribution in [0, 0.1) is 0 Å². The van der Waals surface area contributed by atoms with Crippen molar-refractivity contribution in [2.45, 2.75) is 5.60 Å². The molecule has 0 amide bonds. The van der Waals surface area contributed by atoms with E-state index in [1.54, 1.807) is 12.4 Å². The Morgan fingerprint density at radius 1 is 0.783 bits per heavy atom. The minimum atomic E-state index is -0.808. The maximum absolute atomic E-state index is 10.3. The van der Waals surface area contributed by atoms with Crippen molar-refractivity contribution < 1.29 is 9.84 Å². The van der Waals surface area contributed by atoms with Gasteiger partial charge in [0, 0.05) is 12.4 Å². The number of aromatic nitrogens is 1. The van der Waals surface area contributed by atoms with Crippen LogP contribution in [-0.2, 0) is 10.3 Å². The summed E-state index contributed by atoms with van der Waals surface area (Å²) in [5.74, 6) is 0. The average Bonchev–Trinajstić information content (AvgIpc) is 2.61. The molecule has 1 aliphatic heterocycles. The highest BCUT2D eigenvalue weighted by molar-refractivity contribution is 5.72. The van der Waals surface area contributed by atoms with E-state index in [9.17, 15) is 5.11 Å². The number of aliphatic hydroxyl groups is 1. The molecule has 114 valence electrons. The van der Waals surface area contributed by atoms with E-state index in [0.29, 0.717) is 13.2 Å². The molecule has 1 N–H and O–H groups in total. The fourth-order valence-corrected chi connectivity index (χ4v) is 2.86. The second-order valence-corrected chi connectivity index (χ2v) is 5.92. The Kier molecular flexibility index (Phi) is 3.45. The van der Waals surface area contributed by atoms with Crippen LogP contribution >= 0.6 is 0 Å². The highest BCUT2D eigenvalue weighted by atomic mass is 16.5. The van der Waals surface area contributed by atoms with Crippen LogP contribution in [-0.4, -0.2) is 23.3 Å². The number of ether oxygens (including phenoxy) is 1. The van der Waals surface area contributed by atoms with Crippen molar-refractivity contribution in [2.75, 3.05) is 13.2 Å². The molecule has 3 nitrogen and oxygen atoms in total. The normalized spacial score (nSPS) is 15.9. The minimum absolute atomic E-state index is 0.379. The molecule has 0 unspecified atom stereocenters. The molecule has 3 aromatic rings. The van der Waals surface area contributed by atoms with Crippen molar-refractivity contribution in [2.24, 2.45) is 0 Å². The van der Waals surface area contributed by atoms with E-state index < -0.39 is 5.60 Å². The number of hydrogen-bond donors (Lipinski definition) is 1. The molecule has 0 saturated carbocycles. The molecule has 0 aliphatic carbocycles. The van der Waals surface area contributed by atoms with E-state index >= 15 is 0 Å². The Morgan fingerprint density at radius 3 is 1.96 bits per heavy atom. The first-order chi connectivity index (χ1) is 11.2. The lowest BCUT2D eigenvalue weighted by Gasteiger charge is -2.36. The van der Waals surface area contributed by atoms with E-state index in [4.69, 9.17) is 4.74 Å². The lowest BCUT2D eigenvalue weighted by molar-refractivity contribution is -0.184. The Labute approximate surface area is 135 Å². The molecule has 1 aromatic heterocycles. The minimum Gasteiger partial charge on any atom is -0.380 e. The second kappa shape index (κ2) is 5.61. The summed E-state index contributed by atoms with van der Waals surface area (Å²) in [6, 6.07) is 20.5. The summed E-state index contributed by atoms with van der Waals surface area (Å²) in [6.07, 6.45) is 3.61. The third-order valence-electron chi connectivity index (χ3n) is 4.31. The van der Waals surface area contributed by atoms with E-state index in [-0.39, 0.29) is 0 Å². The van der Waals surface area contributed by atoms with Gasteiger partial charge in [-0.25, -0.2) is 0 Å². The first-order valence-corrected chi connectivity index (χ1v) is 7.66. The molecular weight excluding hydrogens is 286 g/mol. The summed E-state index contributed by atoms with van der Waals surface area (Å²) in [5.41, 5.74) is 4.71. The van der Waals surface area contributed by atoms with Gasteiger partial charge < -0.3 is 9.84 Å². The van der Waals surface area contributed by atoms with Crippen LogP contribution in [0.5, 0.6) is 0 Å². The largest absolute Gasteiger partial charge is 0.380 e. The van der Waals surface area contributed by atoms with Crippen molar-refractivity contribution >= 4 is 0 Å². The van der Waals surface area contributed by atoms with E-state index in [1.165, 1.54) is 5.56 Å². The smallest absolute Gasteiger partial charge is 0.136 e. The predicted molar refractivity (Wildman–Crippen MR) is 89.8 cm³/mol. The molecule has 0 spiro atoms. The highest BCUT2D eigenvalue weighted by Crippen LogP contribution is 2.32. The monoisotopic (exact) mass is 303 g/mol. The van der Waals surface area contributed by atoms with E-state index in [2.05, 4.69) is 41.4 Å². The highest BCUT2D eigenvalue weighted by Gasteiger charge is 2.37. The predicted octanol–water partition coefficient (Wildman–Crippen LogP) is 3.63. The molecule has 2 aromatic carbocycles. The third kappa shape index (κ3) is 2.65. The first-order valence-electron chi connectivity index (χ1n) is 7.66. The Morgan fingerprint density at radius 2 is 1.39 bits per heavy atom. The number of pyridine rings is 1. The molecule has 1 saturated heterocycles. The fourth-order valence-electron chi connectivity index (χ4n) is 2.86. The van der Waals surface area contributed by atoms with Crippen LogP contribution in [0.25, 0.3) is 22.3 Å². The summed E-state index contributed by atoms with van der Waals surface area (Å²) in [4.78, 5) is 4.06. The van der Waals surface area contributed by atoms with Gasteiger partial charge in [0.05, 0.1) is 13.2 Å². The second-order valence-electron chi connectivity index (χ2n) is 5.92. The summed E-state index contributed by atoms with van der Waals surface area (Å²) >= 11 is 0. The summed E-state index contributed by atoms with van der Waals surface area (Å²) in [5, 5.41) is 10.3. The van der Waals surface area contributed by atoms with Crippen LogP contribution in [0.3, 0.4) is 0 Å². The van der Waals surface area contributed by atoms with Crippen LogP contribution in [0.2, 0.25) is 0 Å². The van der Waals surface area contributed by atoms with Crippen molar-refractivity contribution in [3.8, 4) is 22.3 Å². The zero-order chi connectivity index (χ0) is 15.7. The van der Waals surface area contributed by atoms with Crippen molar-refractivity contribution in [1.82, 2.24) is 4.98 Å². The number of nitrogens with zero attached hydrogens (tertiary/aromatic N) is 1. The van der Waals surface area contributed by atoms with Crippen LogP contribution in [0.15, 0.2) is 73.1 Å². The molecule has 0 bridgehead atoms. The molecule has 2 heterocycles. The van der Waals surface area contributed by atoms with Crippen LogP contribution < -0.4 is 0 Å². The molecule has 3 heteroatoms. The van der Waals surface area contributed by atoms with Gasteiger partial charge in [0.1, 0.15) is 5.60 Å². The topological polar surface area (TPSA) is 42.4 Å². The van der Waals surface area contributed by atoms with Gasteiger partial charge in [-0.1, -0.05) is 42.5 Å². The lowest BCUT2D eigenvalue weighted by Crippen LogP contribution is -2.46. The molecular formula is C20H17NO2. The summed E-state index contributed by atoms with van der Waals surface area (Å²) in [6.45, 7) is 0.758. The van der Waals surface area contributed by atoms with Gasteiger partial charge in [-0.3, -0.25) is 4.98 Å².